The summed E-state index contributed by atoms with van der Waals surface area (Å²) in [4.78, 5) is 2.55. The molecule has 10 rings (SSSR count). The van der Waals surface area contributed by atoms with Gasteiger partial charge in [-0.05, 0) is 129 Å². The van der Waals surface area contributed by atoms with Gasteiger partial charge in [-0.15, -0.1) is 11.3 Å². The summed E-state index contributed by atoms with van der Waals surface area (Å²) in [6.07, 6.45) is 0. The second-order valence-corrected chi connectivity index (χ2v) is 17.5. The molecule has 9 aromatic rings. The lowest BCUT2D eigenvalue weighted by molar-refractivity contribution is 0.590. The lowest BCUT2D eigenvalue weighted by atomic mass is 9.57. The van der Waals surface area contributed by atoms with Crippen molar-refractivity contribution in [1.82, 2.24) is 0 Å². The van der Waals surface area contributed by atoms with Crippen molar-refractivity contribution in [2.24, 2.45) is 0 Å². The minimum atomic E-state index is 0.0938. The molecule has 270 valence electrons. The average Bonchev–Trinajstić information content (AvgIpc) is 3.56. The van der Waals surface area contributed by atoms with Gasteiger partial charge in [-0.25, -0.2) is 0 Å². The van der Waals surface area contributed by atoms with Crippen LogP contribution in [0.25, 0.3) is 53.2 Å². The van der Waals surface area contributed by atoms with Gasteiger partial charge in [0.2, 0.25) is 0 Å². The molecule has 0 amide bonds. The van der Waals surface area contributed by atoms with Crippen LogP contribution in [0.1, 0.15) is 37.5 Å². The third-order valence-electron chi connectivity index (χ3n) is 11.5. The molecule has 1 N–H and O–H groups in total. The highest BCUT2D eigenvalue weighted by Crippen LogP contribution is 2.45. The first kappa shape index (κ1) is 34.4. The summed E-state index contributed by atoms with van der Waals surface area (Å²) in [5.41, 5.74) is 17.5. The van der Waals surface area contributed by atoms with Crippen LogP contribution in [0.15, 0.2) is 158 Å². The minimum absolute atomic E-state index is 0.0938. The Morgan fingerprint density at radius 3 is 2.05 bits per heavy atom. The van der Waals surface area contributed by atoms with Gasteiger partial charge >= 0.3 is 0 Å². The van der Waals surface area contributed by atoms with Crippen LogP contribution in [0.4, 0.5) is 28.4 Å². The second-order valence-electron chi connectivity index (χ2n) is 16.5. The molecule has 0 saturated carbocycles. The van der Waals surface area contributed by atoms with E-state index < -0.39 is 0 Å². The molecule has 56 heavy (non-hydrogen) atoms. The van der Waals surface area contributed by atoms with E-state index in [1.54, 1.807) is 0 Å². The van der Waals surface area contributed by atoms with Gasteiger partial charge in [-0.2, -0.15) is 0 Å². The van der Waals surface area contributed by atoms with E-state index in [0.717, 1.165) is 18.7 Å². The molecule has 2 heterocycles. The highest BCUT2D eigenvalue weighted by Gasteiger charge is 2.30. The average molecular weight is 739 g/mol. The first-order chi connectivity index (χ1) is 27.2. The Hall–Kier alpha value is -6.10. The summed E-state index contributed by atoms with van der Waals surface area (Å²) in [7, 11) is 0.838. The zero-order valence-corrected chi connectivity index (χ0v) is 33.4. The lowest BCUT2D eigenvalue weighted by Crippen LogP contribution is -2.41. The number of benzene rings is 8. The van der Waals surface area contributed by atoms with Gasteiger partial charge in [0.1, 0.15) is 0 Å². The van der Waals surface area contributed by atoms with Gasteiger partial charge in [0.25, 0.3) is 0 Å². The SMILES string of the molecule is Cc1cc(-c2cc3ccccc3cc2Nc2ccc(C(C)(C)C)cc2)c2c(c1)N(c1ccc(-c3ccccc3)cc1C)c1cc3sc4ccccc4c3cc1B2. The quantitative estimate of drug-likeness (QED) is 0.177. The predicted molar refractivity (Wildman–Crippen MR) is 247 cm³/mol. The van der Waals surface area contributed by atoms with E-state index in [-0.39, 0.29) is 5.41 Å². The number of rotatable bonds is 5. The molecule has 1 aliphatic heterocycles. The van der Waals surface area contributed by atoms with E-state index in [4.69, 9.17) is 0 Å². The lowest BCUT2D eigenvalue weighted by Gasteiger charge is -2.36. The van der Waals surface area contributed by atoms with Gasteiger partial charge in [-0.1, -0.05) is 129 Å². The van der Waals surface area contributed by atoms with Crippen molar-refractivity contribution in [2.45, 2.75) is 40.0 Å². The maximum absolute atomic E-state index is 3.89. The van der Waals surface area contributed by atoms with Crippen molar-refractivity contribution in [3.63, 3.8) is 0 Å². The first-order valence-electron chi connectivity index (χ1n) is 19.6. The van der Waals surface area contributed by atoms with Crippen molar-refractivity contribution in [1.29, 1.82) is 0 Å². The zero-order chi connectivity index (χ0) is 38.1. The first-order valence-corrected chi connectivity index (χ1v) is 20.4. The zero-order valence-electron chi connectivity index (χ0n) is 32.6. The number of aryl methyl sites for hydroxylation is 2. The third kappa shape index (κ3) is 5.97. The van der Waals surface area contributed by atoms with Gasteiger partial charge < -0.3 is 10.2 Å². The van der Waals surface area contributed by atoms with Crippen molar-refractivity contribution in [3.8, 4) is 22.3 Å². The Bertz CT molecular complexity index is 2970. The number of hydrogen-bond acceptors (Lipinski definition) is 3. The fourth-order valence-electron chi connectivity index (χ4n) is 8.65. The highest BCUT2D eigenvalue weighted by molar-refractivity contribution is 7.25. The molecular formula is C52H43BN2S. The largest absolute Gasteiger partial charge is 0.355 e. The molecule has 8 aromatic carbocycles. The molecule has 0 radical (unpaired) electrons. The van der Waals surface area contributed by atoms with Crippen LogP contribution >= 0.6 is 11.3 Å². The van der Waals surface area contributed by atoms with E-state index in [2.05, 4.69) is 203 Å². The smallest absolute Gasteiger partial charge is 0.198 e. The van der Waals surface area contributed by atoms with E-state index in [0.29, 0.717) is 0 Å². The normalized spacial score (nSPS) is 12.5. The Labute approximate surface area is 334 Å². The molecule has 0 atom stereocenters. The van der Waals surface area contributed by atoms with Crippen LogP contribution in [0.2, 0.25) is 0 Å². The highest BCUT2D eigenvalue weighted by atomic mass is 32.1. The summed E-state index contributed by atoms with van der Waals surface area (Å²) in [6, 6.07) is 58.7. The van der Waals surface area contributed by atoms with Crippen molar-refractivity contribution >= 4 is 88.9 Å². The molecule has 2 nitrogen and oxygen atoms in total. The van der Waals surface area contributed by atoms with Crippen molar-refractivity contribution < 1.29 is 0 Å². The van der Waals surface area contributed by atoms with Crippen molar-refractivity contribution in [3.05, 3.63) is 174 Å². The predicted octanol–water partition coefficient (Wildman–Crippen LogP) is 13.4. The van der Waals surface area contributed by atoms with E-state index >= 15 is 0 Å². The number of fused-ring (bicyclic) bond motifs is 6. The Morgan fingerprint density at radius 1 is 0.554 bits per heavy atom. The maximum atomic E-state index is 3.89. The standard InChI is InChI=1S/C52H43BN2S/c1-32-25-43(41-28-35-15-9-10-16-36(35)29-45(41)54-39-22-20-38(21-23-39)52(3,4)5)51-48(26-32)55(46-24-19-37(27-33(46)2)34-13-7-6-8-14-34)47-31-50-42(30-44(47)53-51)40-17-11-12-18-49(40)56-50/h6-31,53-54H,1-5H3. The van der Waals surface area contributed by atoms with E-state index in [1.165, 1.54) is 97.9 Å². The van der Waals surface area contributed by atoms with Gasteiger partial charge in [-0.3, -0.25) is 0 Å². The summed E-state index contributed by atoms with van der Waals surface area (Å²) < 4.78 is 2.65. The van der Waals surface area contributed by atoms with E-state index in [9.17, 15) is 0 Å². The van der Waals surface area contributed by atoms with Crippen LogP contribution < -0.4 is 21.1 Å². The molecular weight excluding hydrogens is 695 g/mol. The fourth-order valence-corrected chi connectivity index (χ4v) is 9.77. The van der Waals surface area contributed by atoms with Crippen LogP contribution in [0.5, 0.6) is 0 Å². The second kappa shape index (κ2) is 13.3. The van der Waals surface area contributed by atoms with Crippen LogP contribution in [-0.2, 0) is 5.41 Å². The Morgan fingerprint density at radius 2 is 1.29 bits per heavy atom. The fraction of sp³-hybridized carbons (Fsp3) is 0.115. The van der Waals surface area contributed by atoms with Crippen LogP contribution in [0.3, 0.4) is 0 Å². The number of nitrogens with zero attached hydrogens (tertiary/aromatic N) is 1. The Balaban J connectivity index is 1.20. The molecule has 0 bridgehead atoms. The summed E-state index contributed by atoms with van der Waals surface area (Å²) >= 11 is 1.89. The molecule has 0 fully saturated rings. The maximum Gasteiger partial charge on any atom is 0.198 e. The van der Waals surface area contributed by atoms with E-state index in [1.807, 2.05) is 11.3 Å². The molecule has 4 heteroatoms. The minimum Gasteiger partial charge on any atom is -0.355 e. The molecule has 0 saturated heterocycles. The number of hydrogen-bond donors (Lipinski definition) is 1. The summed E-state index contributed by atoms with van der Waals surface area (Å²) in [5, 5.41) is 9.02. The Kier molecular flexibility index (Phi) is 8.16. The summed E-state index contributed by atoms with van der Waals surface area (Å²) in [6.45, 7) is 11.3. The number of thiophene rings is 1. The van der Waals surface area contributed by atoms with Crippen LogP contribution in [-0.4, -0.2) is 7.28 Å². The topological polar surface area (TPSA) is 15.3 Å². The summed E-state index contributed by atoms with van der Waals surface area (Å²) in [5.74, 6) is 0. The van der Waals surface area contributed by atoms with Crippen molar-refractivity contribution in [2.75, 3.05) is 10.2 Å². The molecule has 0 spiro atoms. The van der Waals surface area contributed by atoms with Crippen LogP contribution in [0, 0.1) is 13.8 Å². The van der Waals surface area contributed by atoms with Gasteiger partial charge in [0.15, 0.2) is 7.28 Å². The number of anilines is 5. The molecule has 1 aromatic heterocycles. The number of nitrogens with one attached hydrogen (secondary N) is 1. The molecule has 0 aliphatic carbocycles. The van der Waals surface area contributed by atoms with Gasteiger partial charge in [0.05, 0.1) is 0 Å². The molecule has 0 unspecified atom stereocenters. The molecule has 1 aliphatic rings. The third-order valence-corrected chi connectivity index (χ3v) is 12.7. The van der Waals surface area contributed by atoms with Gasteiger partial charge in [0, 0.05) is 48.8 Å². The monoisotopic (exact) mass is 738 g/mol.